The Balaban J connectivity index is 0.956. The lowest BCUT2D eigenvalue weighted by Gasteiger charge is -2.32. The molecule has 0 bridgehead atoms. The van der Waals surface area contributed by atoms with Gasteiger partial charge >= 0.3 is 0 Å². The monoisotopic (exact) mass is 741 g/mol. The van der Waals surface area contributed by atoms with Crippen molar-refractivity contribution in [1.29, 1.82) is 0 Å². The number of para-hydroxylation sites is 2. The van der Waals surface area contributed by atoms with Gasteiger partial charge in [0.1, 0.15) is 0 Å². The molecule has 0 radical (unpaired) electrons. The van der Waals surface area contributed by atoms with Crippen LogP contribution in [0.2, 0.25) is 0 Å². The van der Waals surface area contributed by atoms with E-state index in [1.54, 1.807) is 7.11 Å². The molecule has 1 aliphatic rings. The van der Waals surface area contributed by atoms with E-state index in [4.69, 9.17) is 56.8 Å². The number of benzene rings is 2. The van der Waals surface area contributed by atoms with Gasteiger partial charge in [0.25, 0.3) is 0 Å². The van der Waals surface area contributed by atoms with Crippen LogP contribution < -0.4 is 4.90 Å². The van der Waals surface area contributed by atoms with Crippen LogP contribution in [-0.4, -0.2) is 166 Å². The van der Waals surface area contributed by atoms with E-state index in [0.717, 1.165) is 6.54 Å². The number of hydrogen-bond acceptors (Lipinski definition) is 14. The van der Waals surface area contributed by atoms with Crippen LogP contribution in [0.25, 0.3) is 0 Å². The quantitative estimate of drug-likeness (QED) is 0.0934. The zero-order chi connectivity index (χ0) is 35.7. The van der Waals surface area contributed by atoms with Crippen molar-refractivity contribution in [3.63, 3.8) is 0 Å². The van der Waals surface area contributed by atoms with Gasteiger partial charge < -0.3 is 61.7 Å². The molecule has 13 nitrogen and oxygen atoms in total. The Kier molecular flexibility index (Phi) is 27.0. The Hall–Kier alpha value is -1.89. The second-order valence-corrected chi connectivity index (χ2v) is 12.0. The molecule has 0 aromatic heterocycles. The third-order valence-corrected chi connectivity index (χ3v) is 8.27. The van der Waals surface area contributed by atoms with Crippen LogP contribution >= 0.6 is 11.8 Å². The predicted molar refractivity (Wildman–Crippen MR) is 195 cm³/mol. The van der Waals surface area contributed by atoms with Gasteiger partial charge in [-0.3, -0.25) is 0 Å². The molecule has 1 aliphatic heterocycles. The first-order valence-corrected chi connectivity index (χ1v) is 18.7. The first-order chi connectivity index (χ1) is 25.4. The van der Waals surface area contributed by atoms with Crippen LogP contribution in [0.4, 0.5) is 11.4 Å². The van der Waals surface area contributed by atoms with Gasteiger partial charge in [0, 0.05) is 23.4 Å². The molecule has 0 saturated carbocycles. The summed E-state index contributed by atoms with van der Waals surface area (Å²) < 4.78 is 65.7. The molecule has 0 fully saturated rings. The number of fused-ring (bicyclic) bond motifs is 2. The second kappa shape index (κ2) is 31.6. The lowest BCUT2D eigenvalue weighted by atomic mass is 10.2. The van der Waals surface area contributed by atoms with Crippen LogP contribution in [0.5, 0.6) is 0 Å². The summed E-state index contributed by atoms with van der Waals surface area (Å²) >= 11 is 1.81. The smallest absolute Gasteiger partial charge is 0.0701 e. The highest BCUT2D eigenvalue weighted by molar-refractivity contribution is 7.99. The largest absolute Gasteiger partial charge is 0.382 e. The molecule has 2 aromatic carbocycles. The molecule has 290 valence electrons. The summed E-state index contributed by atoms with van der Waals surface area (Å²) in [4.78, 5) is 4.87. The fraction of sp³-hybridized carbons (Fsp3) is 0.676. The van der Waals surface area contributed by atoms with E-state index in [1.165, 1.54) is 21.2 Å². The maximum Gasteiger partial charge on any atom is 0.0701 e. The maximum absolute atomic E-state index is 5.86. The molecule has 2 aromatic rings. The molecule has 0 N–H and O–H groups in total. The number of nitrogens with zero attached hydrogens (tertiary/aromatic N) is 1. The lowest BCUT2D eigenvalue weighted by Crippen LogP contribution is -2.25. The van der Waals surface area contributed by atoms with Gasteiger partial charge in [-0.25, -0.2) is 0 Å². The van der Waals surface area contributed by atoms with Gasteiger partial charge in [-0.2, -0.15) is 0 Å². The normalized spacial score (nSPS) is 12.4. The molecule has 51 heavy (non-hydrogen) atoms. The van der Waals surface area contributed by atoms with Crippen molar-refractivity contribution in [2.75, 3.05) is 171 Å². The molecule has 3 rings (SSSR count). The number of ether oxygens (including phenoxy) is 12. The number of anilines is 2. The molecule has 1 heterocycles. The third kappa shape index (κ3) is 21.4. The van der Waals surface area contributed by atoms with Crippen LogP contribution in [0, 0.1) is 0 Å². The molecule has 0 aliphatic carbocycles. The fourth-order valence-electron chi connectivity index (χ4n) is 4.62. The number of rotatable bonds is 36. The first-order valence-electron chi connectivity index (χ1n) is 17.9. The topological polar surface area (TPSA) is 114 Å². The fourth-order valence-corrected chi connectivity index (χ4v) is 5.72. The zero-order valence-corrected chi connectivity index (χ0v) is 31.2. The van der Waals surface area contributed by atoms with E-state index in [2.05, 4.69) is 53.4 Å². The standard InChI is InChI=1S/C37H59NO12S/c1-39-12-13-41-16-17-43-20-21-45-24-25-47-28-29-49-32-33-50-31-30-48-27-26-46-23-22-44-19-18-42-15-14-40-11-10-38-34-6-2-4-8-36(34)51-37-9-5-3-7-35(37)38/h2-9H,10-33H2,1H3. The Morgan fingerprint density at radius 1 is 0.353 bits per heavy atom. The summed E-state index contributed by atoms with van der Waals surface area (Å²) in [5.74, 6) is 0. The maximum atomic E-state index is 5.86. The average Bonchev–Trinajstić information content (AvgIpc) is 3.16. The van der Waals surface area contributed by atoms with Crippen LogP contribution in [0.1, 0.15) is 0 Å². The Labute approximate surface area is 308 Å². The molecule has 14 heteroatoms. The highest BCUT2D eigenvalue weighted by atomic mass is 32.2. The minimum absolute atomic E-state index is 0.510. The first kappa shape index (κ1) is 43.5. The summed E-state index contributed by atoms with van der Waals surface area (Å²) in [7, 11) is 1.65. The highest BCUT2D eigenvalue weighted by Gasteiger charge is 2.22. The van der Waals surface area contributed by atoms with Crippen molar-refractivity contribution in [2.24, 2.45) is 0 Å². The summed E-state index contributed by atoms with van der Waals surface area (Å²) in [5, 5.41) is 0. The van der Waals surface area contributed by atoms with E-state index >= 15 is 0 Å². The van der Waals surface area contributed by atoms with Crippen molar-refractivity contribution in [3.05, 3.63) is 48.5 Å². The second-order valence-electron chi connectivity index (χ2n) is 10.9. The minimum Gasteiger partial charge on any atom is -0.382 e. The van der Waals surface area contributed by atoms with Crippen molar-refractivity contribution >= 4 is 23.1 Å². The Morgan fingerprint density at radius 2 is 0.608 bits per heavy atom. The van der Waals surface area contributed by atoms with Crippen LogP contribution in [-0.2, 0) is 56.8 Å². The van der Waals surface area contributed by atoms with E-state index in [0.29, 0.717) is 152 Å². The molecule has 0 unspecified atom stereocenters. The lowest BCUT2D eigenvalue weighted by molar-refractivity contribution is -0.0279. The SMILES string of the molecule is COCCOCCOCCOCCOCCOCCOCCOCCOCCOCCOCCOCCN1c2ccccc2Sc2ccccc21. The van der Waals surface area contributed by atoms with E-state index in [-0.39, 0.29) is 0 Å². The molecule has 0 atom stereocenters. The molecule has 0 saturated heterocycles. The molecule has 0 amide bonds. The number of hydrogen-bond donors (Lipinski definition) is 0. The van der Waals surface area contributed by atoms with Gasteiger partial charge in [0.05, 0.1) is 163 Å². The summed E-state index contributed by atoms with van der Waals surface area (Å²) in [5.41, 5.74) is 2.45. The zero-order valence-electron chi connectivity index (χ0n) is 30.3. The summed E-state index contributed by atoms with van der Waals surface area (Å²) in [6, 6.07) is 17.0. The van der Waals surface area contributed by atoms with Crippen LogP contribution in [0.3, 0.4) is 0 Å². The van der Waals surface area contributed by atoms with E-state index in [1.807, 2.05) is 11.8 Å². The minimum atomic E-state index is 0.510. The number of methoxy groups -OCH3 is 1. The van der Waals surface area contributed by atoms with Gasteiger partial charge in [-0.15, -0.1) is 0 Å². The van der Waals surface area contributed by atoms with Crippen molar-refractivity contribution in [2.45, 2.75) is 9.79 Å². The highest BCUT2D eigenvalue weighted by Crippen LogP contribution is 2.47. The van der Waals surface area contributed by atoms with E-state index < -0.39 is 0 Å². The Morgan fingerprint density at radius 3 is 0.902 bits per heavy atom. The molecular weight excluding hydrogens is 682 g/mol. The van der Waals surface area contributed by atoms with Crippen LogP contribution in [0.15, 0.2) is 58.3 Å². The van der Waals surface area contributed by atoms with Crippen molar-refractivity contribution < 1.29 is 56.8 Å². The van der Waals surface area contributed by atoms with Crippen molar-refractivity contribution in [1.82, 2.24) is 0 Å². The summed E-state index contributed by atoms with van der Waals surface area (Å²) in [6.07, 6.45) is 0. The summed E-state index contributed by atoms with van der Waals surface area (Å²) in [6.45, 7) is 13.1. The van der Waals surface area contributed by atoms with Crippen molar-refractivity contribution in [3.8, 4) is 0 Å². The van der Waals surface area contributed by atoms with Gasteiger partial charge in [-0.05, 0) is 24.3 Å². The molecular formula is C37H59NO12S. The predicted octanol–water partition coefficient (Wildman–Crippen LogP) is 4.12. The van der Waals surface area contributed by atoms with Gasteiger partial charge in [0.2, 0.25) is 0 Å². The van der Waals surface area contributed by atoms with E-state index in [9.17, 15) is 0 Å². The van der Waals surface area contributed by atoms with Gasteiger partial charge in [0.15, 0.2) is 0 Å². The average molecular weight is 742 g/mol. The Bertz CT molecular complexity index is 1040. The molecule has 0 spiro atoms. The van der Waals surface area contributed by atoms with Gasteiger partial charge in [-0.1, -0.05) is 36.0 Å². The third-order valence-electron chi connectivity index (χ3n) is 7.14.